The summed E-state index contributed by atoms with van der Waals surface area (Å²) in [5, 5.41) is 15.2. The molecule has 116 valence electrons. The Morgan fingerprint density at radius 1 is 1.22 bits per heavy atom. The Kier molecular flexibility index (Phi) is 3.96. The average Bonchev–Trinajstić information content (AvgIpc) is 2.46. The summed E-state index contributed by atoms with van der Waals surface area (Å²) in [5.74, 6) is 0.524. The fourth-order valence-corrected chi connectivity index (χ4v) is 3.21. The van der Waals surface area contributed by atoms with E-state index in [0.717, 1.165) is 11.3 Å². The summed E-state index contributed by atoms with van der Waals surface area (Å²) < 4.78 is 0.714. The van der Waals surface area contributed by atoms with E-state index in [2.05, 4.69) is 31.2 Å². The quantitative estimate of drug-likeness (QED) is 0.533. The van der Waals surface area contributed by atoms with Crippen LogP contribution in [0.25, 0.3) is 10.9 Å². The smallest absolute Gasteiger partial charge is 0.298 e. The van der Waals surface area contributed by atoms with E-state index in [9.17, 15) is 10.1 Å². The molecule has 2 aromatic carbocycles. The first kappa shape index (κ1) is 15.4. The van der Waals surface area contributed by atoms with Gasteiger partial charge in [0.25, 0.3) is 5.69 Å². The Morgan fingerprint density at radius 2 is 2.00 bits per heavy atom. The standard InChI is InChI=1S/C16H13BrN4O2/c1-9-4-3-5-11(6-9)20-16-13-12(17)7-10(2)15(21(22)23)14(13)18-8-19-16/h3-8H,1-2H3,(H,18,19,20). The SMILES string of the molecule is Cc1cccc(Nc2ncnc3c([N+](=O)[O-])c(C)cc(Br)c23)c1. The highest BCUT2D eigenvalue weighted by Crippen LogP contribution is 2.37. The van der Waals surface area contributed by atoms with Crippen molar-refractivity contribution in [3.63, 3.8) is 0 Å². The van der Waals surface area contributed by atoms with Crippen LogP contribution < -0.4 is 5.32 Å². The van der Waals surface area contributed by atoms with Gasteiger partial charge in [-0.2, -0.15) is 0 Å². The van der Waals surface area contributed by atoms with Crippen molar-refractivity contribution in [3.8, 4) is 0 Å². The second-order valence-corrected chi connectivity index (χ2v) is 6.08. The number of aryl methyl sites for hydroxylation is 2. The van der Waals surface area contributed by atoms with E-state index in [-0.39, 0.29) is 5.69 Å². The molecule has 0 radical (unpaired) electrons. The predicted octanol–water partition coefficient (Wildman–Crippen LogP) is 4.66. The molecule has 1 aromatic heterocycles. The summed E-state index contributed by atoms with van der Waals surface area (Å²) >= 11 is 3.47. The van der Waals surface area contributed by atoms with E-state index in [1.54, 1.807) is 13.0 Å². The lowest BCUT2D eigenvalue weighted by molar-refractivity contribution is -0.383. The lowest BCUT2D eigenvalue weighted by atomic mass is 10.1. The van der Waals surface area contributed by atoms with E-state index < -0.39 is 4.92 Å². The van der Waals surface area contributed by atoms with Gasteiger partial charge in [0, 0.05) is 15.7 Å². The first-order valence-electron chi connectivity index (χ1n) is 6.89. The maximum Gasteiger partial charge on any atom is 0.298 e. The van der Waals surface area contributed by atoms with Crippen LogP contribution in [0.4, 0.5) is 17.2 Å². The number of hydrogen-bond acceptors (Lipinski definition) is 5. The lowest BCUT2D eigenvalue weighted by Gasteiger charge is -2.11. The molecule has 3 aromatic rings. The minimum atomic E-state index is -0.409. The third-order valence-electron chi connectivity index (χ3n) is 3.49. The van der Waals surface area contributed by atoms with Crippen LogP contribution in [0.15, 0.2) is 41.1 Å². The van der Waals surface area contributed by atoms with Crippen molar-refractivity contribution >= 4 is 44.0 Å². The predicted molar refractivity (Wildman–Crippen MR) is 93.1 cm³/mol. The van der Waals surface area contributed by atoms with Gasteiger partial charge in [0.05, 0.1) is 10.3 Å². The number of nitro groups is 1. The summed E-state index contributed by atoms with van der Waals surface area (Å²) in [4.78, 5) is 19.3. The average molecular weight is 373 g/mol. The normalized spacial score (nSPS) is 10.7. The largest absolute Gasteiger partial charge is 0.340 e. The number of halogens is 1. The zero-order chi connectivity index (χ0) is 16.6. The summed E-state index contributed by atoms with van der Waals surface area (Å²) in [6.07, 6.45) is 1.33. The Bertz CT molecular complexity index is 927. The van der Waals surface area contributed by atoms with Crippen molar-refractivity contribution in [1.29, 1.82) is 0 Å². The molecule has 0 aliphatic rings. The first-order chi connectivity index (χ1) is 11.0. The highest BCUT2D eigenvalue weighted by Gasteiger charge is 2.22. The van der Waals surface area contributed by atoms with Gasteiger partial charge in [-0.25, -0.2) is 9.97 Å². The van der Waals surface area contributed by atoms with E-state index in [1.165, 1.54) is 6.33 Å². The molecule has 0 amide bonds. The zero-order valence-electron chi connectivity index (χ0n) is 12.5. The number of aromatic nitrogens is 2. The van der Waals surface area contributed by atoms with Crippen molar-refractivity contribution in [1.82, 2.24) is 9.97 Å². The van der Waals surface area contributed by atoms with Crippen LogP contribution >= 0.6 is 15.9 Å². The molecule has 0 spiro atoms. The third-order valence-corrected chi connectivity index (χ3v) is 4.12. The van der Waals surface area contributed by atoms with Crippen LogP contribution in [0.2, 0.25) is 0 Å². The summed E-state index contributed by atoms with van der Waals surface area (Å²) in [6.45, 7) is 3.69. The fraction of sp³-hybridized carbons (Fsp3) is 0.125. The third kappa shape index (κ3) is 2.87. The van der Waals surface area contributed by atoms with Gasteiger partial charge < -0.3 is 5.32 Å². The van der Waals surface area contributed by atoms with Gasteiger partial charge in [0.2, 0.25) is 0 Å². The Balaban J connectivity index is 2.23. The molecule has 1 heterocycles. The van der Waals surface area contributed by atoms with Crippen molar-refractivity contribution < 1.29 is 4.92 Å². The number of fused-ring (bicyclic) bond motifs is 1. The zero-order valence-corrected chi connectivity index (χ0v) is 14.1. The molecule has 0 aliphatic carbocycles. The van der Waals surface area contributed by atoms with Gasteiger partial charge in [0.1, 0.15) is 12.1 Å². The van der Waals surface area contributed by atoms with Crippen LogP contribution in [0.3, 0.4) is 0 Å². The van der Waals surface area contributed by atoms with Crippen molar-refractivity contribution in [2.24, 2.45) is 0 Å². The Hall–Kier alpha value is -2.54. The number of rotatable bonds is 3. The highest BCUT2D eigenvalue weighted by molar-refractivity contribution is 9.10. The van der Waals surface area contributed by atoms with Crippen LogP contribution in [-0.4, -0.2) is 14.9 Å². The Morgan fingerprint density at radius 3 is 2.70 bits per heavy atom. The number of anilines is 2. The number of hydrogen-bond donors (Lipinski definition) is 1. The number of nitro benzene ring substituents is 1. The number of nitrogens with one attached hydrogen (secondary N) is 1. The number of nitrogens with zero attached hydrogens (tertiary/aromatic N) is 3. The second-order valence-electron chi connectivity index (χ2n) is 5.22. The van der Waals surface area contributed by atoms with Gasteiger partial charge >= 0.3 is 0 Å². The van der Waals surface area contributed by atoms with Crippen LogP contribution in [0.1, 0.15) is 11.1 Å². The van der Waals surface area contributed by atoms with Crippen LogP contribution in [0, 0.1) is 24.0 Å². The van der Waals surface area contributed by atoms with E-state index >= 15 is 0 Å². The maximum absolute atomic E-state index is 11.4. The number of benzene rings is 2. The first-order valence-corrected chi connectivity index (χ1v) is 7.68. The second kappa shape index (κ2) is 5.92. The molecule has 0 bridgehead atoms. The lowest BCUT2D eigenvalue weighted by Crippen LogP contribution is -2.01. The molecular weight excluding hydrogens is 360 g/mol. The molecule has 0 saturated heterocycles. The molecule has 23 heavy (non-hydrogen) atoms. The topological polar surface area (TPSA) is 81.0 Å². The molecule has 0 unspecified atom stereocenters. The van der Waals surface area contributed by atoms with Gasteiger partial charge in [-0.05, 0) is 53.5 Å². The Labute approximate surface area is 140 Å². The minimum absolute atomic E-state index is 0.00195. The van der Waals surface area contributed by atoms with E-state index in [4.69, 9.17) is 0 Å². The van der Waals surface area contributed by atoms with Crippen LogP contribution in [0.5, 0.6) is 0 Å². The van der Waals surface area contributed by atoms with Crippen molar-refractivity contribution in [2.75, 3.05) is 5.32 Å². The monoisotopic (exact) mass is 372 g/mol. The maximum atomic E-state index is 11.4. The molecule has 0 aliphatic heterocycles. The fourth-order valence-electron chi connectivity index (χ4n) is 2.49. The van der Waals surface area contributed by atoms with Gasteiger partial charge in [-0.1, -0.05) is 12.1 Å². The molecular formula is C16H13BrN4O2. The minimum Gasteiger partial charge on any atom is -0.340 e. The summed E-state index contributed by atoms with van der Waals surface area (Å²) in [6, 6.07) is 9.53. The van der Waals surface area contributed by atoms with Gasteiger partial charge in [-0.15, -0.1) is 0 Å². The van der Waals surface area contributed by atoms with Crippen molar-refractivity contribution in [2.45, 2.75) is 13.8 Å². The molecule has 1 N–H and O–H groups in total. The molecule has 0 atom stereocenters. The summed E-state index contributed by atoms with van der Waals surface area (Å²) in [7, 11) is 0. The van der Waals surface area contributed by atoms with Crippen LogP contribution in [-0.2, 0) is 0 Å². The molecule has 3 rings (SSSR count). The van der Waals surface area contributed by atoms with E-state index in [1.807, 2.05) is 31.2 Å². The molecule has 0 fully saturated rings. The van der Waals surface area contributed by atoms with Crippen molar-refractivity contribution in [3.05, 3.63) is 62.4 Å². The molecule has 0 saturated carbocycles. The van der Waals surface area contributed by atoms with E-state index in [0.29, 0.717) is 26.8 Å². The molecule has 7 heteroatoms. The highest BCUT2D eigenvalue weighted by atomic mass is 79.9. The van der Waals surface area contributed by atoms with Gasteiger partial charge in [0.15, 0.2) is 5.52 Å². The molecule has 6 nitrogen and oxygen atoms in total. The van der Waals surface area contributed by atoms with Gasteiger partial charge in [-0.3, -0.25) is 10.1 Å². The summed E-state index contributed by atoms with van der Waals surface area (Å²) in [5.41, 5.74) is 2.83.